The van der Waals surface area contributed by atoms with E-state index in [4.69, 9.17) is 9.84 Å². The van der Waals surface area contributed by atoms with Gasteiger partial charge in [0.2, 0.25) is 0 Å². The Morgan fingerprint density at radius 1 is 1.52 bits per heavy atom. The summed E-state index contributed by atoms with van der Waals surface area (Å²) in [5, 5.41) is 33.3. The number of benzene rings is 1. The van der Waals surface area contributed by atoms with Crippen molar-refractivity contribution in [2.24, 2.45) is 5.10 Å². The van der Waals surface area contributed by atoms with Gasteiger partial charge >= 0.3 is 0 Å². The lowest BCUT2D eigenvalue weighted by Crippen LogP contribution is -2.33. The molecule has 1 aromatic carbocycles. The first-order valence-corrected chi connectivity index (χ1v) is 11.2. The van der Waals surface area contributed by atoms with Crippen LogP contribution in [0.5, 0.6) is 0 Å². The zero-order chi connectivity index (χ0) is 24.5. The number of nitro groups is 1. The number of nitro benzene ring substituents is 1. The molecule has 1 aromatic heterocycles. The Morgan fingerprint density at radius 2 is 2.24 bits per heavy atom. The molecule has 0 radical (unpaired) electrons. The van der Waals surface area contributed by atoms with E-state index in [0.29, 0.717) is 31.9 Å². The summed E-state index contributed by atoms with van der Waals surface area (Å²) < 4.78 is 6.68. The van der Waals surface area contributed by atoms with Crippen molar-refractivity contribution in [2.75, 3.05) is 19.5 Å². The van der Waals surface area contributed by atoms with Crippen LogP contribution in [0.4, 0.5) is 5.69 Å². The molecule has 0 aliphatic heterocycles. The zero-order valence-corrected chi connectivity index (χ0v) is 20.1. The highest BCUT2D eigenvalue weighted by Gasteiger charge is 2.19. The first kappa shape index (κ1) is 26.2. The fraction of sp³-hybridized carbons (Fsp3) is 0.300. The second-order valence-corrected chi connectivity index (χ2v) is 8.47. The van der Waals surface area contributed by atoms with E-state index in [1.165, 1.54) is 25.5 Å². The quantitative estimate of drug-likeness (QED) is 0.201. The van der Waals surface area contributed by atoms with Crippen molar-refractivity contribution in [3.63, 3.8) is 0 Å². The summed E-state index contributed by atoms with van der Waals surface area (Å²) >= 11 is 4.50. The minimum Gasteiger partial charge on any atom is -0.396 e. The molecule has 1 amide bonds. The van der Waals surface area contributed by atoms with E-state index in [9.17, 15) is 25.0 Å². The lowest BCUT2D eigenvalue weighted by molar-refractivity contribution is -0.387. The maximum absolute atomic E-state index is 12.7. The minimum absolute atomic E-state index is 0.0559. The molecule has 0 unspecified atom stereocenters. The highest BCUT2D eigenvalue weighted by atomic mass is 79.9. The zero-order valence-electron chi connectivity index (χ0n) is 17.7. The van der Waals surface area contributed by atoms with Gasteiger partial charge in [-0.15, -0.1) is 11.8 Å². The average Bonchev–Trinajstić information content (AvgIpc) is 2.79. The van der Waals surface area contributed by atoms with Crippen molar-refractivity contribution >= 4 is 45.5 Å². The van der Waals surface area contributed by atoms with Crippen LogP contribution in [0.3, 0.4) is 0 Å². The topological polar surface area (TPSA) is 160 Å². The van der Waals surface area contributed by atoms with Crippen LogP contribution in [-0.2, 0) is 22.7 Å². The molecule has 2 N–H and O–H groups in total. The third-order valence-electron chi connectivity index (χ3n) is 4.38. The Morgan fingerprint density at radius 3 is 2.85 bits per heavy atom. The van der Waals surface area contributed by atoms with Gasteiger partial charge in [-0.3, -0.25) is 19.7 Å². The summed E-state index contributed by atoms with van der Waals surface area (Å²) in [5.74, 6) is -0.310. The van der Waals surface area contributed by atoms with E-state index < -0.39 is 16.4 Å². The standard InChI is InChI=1S/C20H20BrN5O6S/c1-12-19(21)15(11-32-2)14(8-22)20(29)25(12)10-18(28)24-23-9-13-3-4-17(33-6-5-27)16(7-13)26(30)31/h3-4,7,9,27H,5-6,10-11H2,1-2H3,(H,24,28)/b23-9-. The lowest BCUT2D eigenvalue weighted by atomic mass is 10.1. The van der Waals surface area contributed by atoms with Crippen molar-refractivity contribution in [1.29, 1.82) is 5.26 Å². The summed E-state index contributed by atoms with van der Waals surface area (Å²) in [5.41, 5.74) is 2.59. The molecule has 2 aromatic rings. The van der Waals surface area contributed by atoms with E-state index in [1.807, 2.05) is 6.07 Å². The van der Waals surface area contributed by atoms with Gasteiger partial charge in [0.05, 0.1) is 29.2 Å². The van der Waals surface area contributed by atoms with Crippen LogP contribution in [0.15, 0.2) is 37.5 Å². The van der Waals surface area contributed by atoms with Crippen molar-refractivity contribution in [3.05, 3.63) is 65.5 Å². The number of rotatable bonds is 10. The van der Waals surface area contributed by atoms with E-state index in [2.05, 4.69) is 26.5 Å². The van der Waals surface area contributed by atoms with Crippen molar-refractivity contribution in [2.45, 2.75) is 25.0 Å². The number of nitriles is 1. The molecule has 0 saturated heterocycles. The smallest absolute Gasteiger partial charge is 0.283 e. The van der Waals surface area contributed by atoms with Gasteiger partial charge in [0.1, 0.15) is 18.2 Å². The van der Waals surface area contributed by atoms with Crippen LogP contribution in [0, 0.1) is 28.4 Å². The van der Waals surface area contributed by atoms with Gasteiger partial charge in [-0.25, -0.2) is 5.43 Å². The largest absolute Gasteiger partial charge is 0.396 e. The van der Waals surface area contributed by atoms with Gasteiger partial charge in [-0.2, -0.15) is 10.4 Å². The van der Waals surface area contributed by atoms with E-state index in [-0.39, 0.29) is 31.0 Å². The Labute approximate surface area is 201 Å². The average molecular weight is 538 g/mol. The molecule has 0 atom stereocenters. The molecule has 33 heavy (non-hydrogen) atoms. The molecule has 0 spiro atoms. The number of hydrazone groups is 1. The van der Waals surface area contributed by atoms with Gasteiger partial charge in [-0.05, 0) is 28.9 Å². The number of ether oxygens (including phenoxy) is 1. The molecule has 11 nitrogen and oxygen atoms in total. The fourth-order valence-corrected chi connectivity index (χ4v) is 4.12. The third kappa shape index (κ3) is 6.48. The number of hydrogen-bond donors (Lipinski definition) is 2. The van der Waals surface area contributed by atoms with Gasteiger partial charge in [-0.1, -0.05) is 6.07 Å². The Bertz CT molecular complexity index is 1190. The van der Waals surface area contributed by atoms with Crippen molar-refractivity contribution in [3.8, 4) is 6.07 Å². The van der Waals surface area contributed by atoms with Crippen LogP contribution in [0.1, 0.15) is 22.4 Å². The van der Waals surface area contributed by atoms with Crippen LogP contribution in [0.25, 0.3) is 0 Å². The number of carbonyl (C=O) groups excluding carboxylic acids is 1. The number of halogens is 1. The van der Waals surface area contributed by atoms with Gasteiger partial charge in [0, 0.05) is 40.2 Å². The number of aromatic nitrogens is 1. The van der Waals surface area contributed by atoms with E-state index in [1.54, 1.807) is 13.0 Å². The Kier molecular flexibility index (Phi) is 9.74. The van der Waals surface area contributed by atoms with E-state index in [0.717, 1.165) is 16.3 Å². The SMILES string of the molecule is COCc1c(Br)c(C)n(CC(=O)N/N=C\c2ccc(SCCO)c([N+](=O)[O-])c2)c(=O)c1C#N. The van der Waals surface area contributed by atoms with Crippen molar-refractivity contribution < 1.29 is 19.6 Å². The number of nitrogens with one attached hydrogen (secondary N) is 1. The number of nitrogens with zero attached hydrogens (tertiary/aromatic N) is 4. The lowest BCUT2D eigenvalue weighted by Gasteiger charge is -2.15. The molecule has 0 bridgehead atoms. The molecule has 1 heterocycles. The minimum atomic E-state index is -0.629. The van der Waals surface area contributed by atoms with Crippen LogP contribution >= 0.6 is 27.7 Å². The van der Waals surface area contributed by atoms with E-state index >= 15 is 0 Å². The predicted octanol–water partition coefficient (Wildman–Crippen LogP) is 2.08. The number of thioether (sulfide) groups is 1. The molecular formula is C20H20BrN5O6S. The monoisotopic (exact) mass is 537 g/mol. The second-order valence-electron chi connectivity index (χ2n) is 6.54. The second kappa shape index (κ2) is 12.3. The summed E-state index contributed by atoms with van der Waals surface area (Å²) in [4.78, 5) is 36.1. The highest BCUT2D eigenvalue weighted by Crippen LogP contribution is 2.29. The maximum atomic E-state index is 12.7. The number of aliphatic hydroxyl groups excluding tert-OH is 1. The Hall–Kier alpha value is -3.05. The molecule has 13 heteroatoms. The number of carbonyl (C=O) groups is 1. The van der Waals surface area contributed by atoms with Gasteiger partial charge in [0.25, 0.3) is 17.2 Å². The maximum Gasteiger partial charge on any atom is 0.283 e. The summed E-state index contributed by atoms with van der Waals surface area (Å²) in [6, 6.07) is 6.27. The molecular weight excluding hydrogens is 518 g/mol. The first-order chi connectivity index (χ1) is 15.7. The fourth-order valence-electron chi connectivity index (χ4n) is 2.84. The van der Waals surface area contributed by atoms with Crippen molar-refractivity contribution in [1.82, 2.24) is 9.99 Å². The first-order valence-electron chi connectivity index (χ1n) is 9.39. The molecule has 0 aliphatic rings. The number of hydrogen-bond acceptors (Lipinski definition) is 9. The van der Waals surface area contributed by atoms with Gasteiger partial charge < -0.3 is 14.4 Å². The Balaban J connectivity index is 2.19. The summed E-state index contributed by atoms with van der Waals surface area (Å²) in [6.45, 7) is 1.18. The normalized spacial score (nSPS) is 10.9. The molecule has 174 valence electrons. The molecule has 0 aliphatic carbocycles. The molecule has 0 saturated carbocycles. The van der Waals surface area contributed by atoms with Crippen LogP contribution in [-0.4, -0.2) is 46.2 Å². The highest BCUT2D eigenvalue weighted by molar-refractivity contribution is 9.10. The predicted molar refractivity (Wildman–Crippen MR) is 125 cm³/mol. The summed E-state index contributed by atoms with van der Waals surface area (Å²) in [7, 11) is 1.44. The molecule has 0 fully saturated rings. The number of methoxy groups -OCH3 is 1. The van der Waals surface area contributed by atoms with Crippen LogP contribution in [0.2, 0.25) is 0 Å². The summed E-state index contributed by atoms with van der Waals surface area (Å²) in [6.07, 6.45) is 1.24. The number of pyridine rings is 1. The number of amides is 1. The van der Waals surface area contributed by atoms with Gasteiger partial charge in [0.15, 0.2) is 0 Å². The molecule has 2 rings (SSSR count). The number of aliphatic hydroxyl groups is 1. The van der Waals surface area contributed by atoms with Crippen LogP contribution < -0.4 is 11.0 Å². The third-order valence-corrected chi connectivity index (χ3v) is 6.48.